The van der Waals surface area contributed by atoms with Crippen molar-refractivity contribution in [1.82, 2.24) is 4.90 Å². The van der Waals surface area contributed by atoms with Gasteiger partial charge in [0.25, 0.3) is 5.91 Å². The second-order valence-electron chi connectivity index (χ2n) is 6.82. The first-order chi connectivity index (χ1) is 15.2. The summed E-state index contributed by atoms with van der Waals surface area (Å²) in [5.41, 5.74) is 5.87. The van der Waals surface area contributed by atoms with Gasteiger partial charge in [-0.1, -0.05) is 48.5 Å². The van der Waals surface area contributed by atoms with Gasteiger partial charge in [0.05, 0.1) is 6.54 Å². The van der Waals surface area contributed by atoms with E-state index in [-0.39, 0.29) is 11.1 Å². The second kappa shape index (κ2) is 9.51. The zero-order valence-corrected chi connectivity index (χ0v) is 16.6. The van der Waals surface area contributed by atoms with Crippen LogP contribution in [0, 0.1) is 5.82 Å². The predicted octanol–water partition coefficient (Wildman–Crippen LogP) is 4.59. The van der Waals surface area contributed by atoms with Crippen LogP contribution in [0.4, 0.5) is 17.6 Å². The average molecular weight is 446 g/mol. The standard InChI is InChI=1S/C23H18F4N2O3/c24-19-12-11-18(32-23(25,26)27)13-17(19)14-29(22(31)16-9-5-2-6-10-16)20(21(28)30)15-7-3-1-4-8-15/h1-13,20H,14H2,(H2,28,30)/t20-/m1/s1. The highest BCUT2D eigenvalue weighted by Gasteiger charge is 2.33. The molecule has 0 unspecified atom stereocenters. The van der Waals surface area contributed by atoms with Crippen LogP contribution < -0.4 is 10.5 Å². The number of nitrogens with zero attached hydrogens (tertiary/aromatic N) is 1. The van der Waals surface area contributed by atoms with E-state index in [1.807, 2.05) is 0 Å². The van der Waals surface area contributed by atoms with Crippen molar-refractivity contribution in [2.75, 3.05) is 0 Å². The van der Waals surface area contributed by atoms with Crippen molar-refractivity contribution in [2.24, 2.45) is 5.73 Å². The van der Waals surface area contributed by atoms with Crippen LogP contribution in [0.15, 0.2) is 78.9 Å². The van der Waals surface area contributed by atoms with Crippen LogP contribution in [0.25, 0.3) is 0 Å². The molecule has 9 heteroatoms. The van der Waals surface area contributed by atoms with Crippen LogP contribution >= 0.6 is 0 Å². The summed E-state index contributed by atoms with van der Waals surface area (Å²) in [6, 6.07) is 17.1. The topological polar surface area (TPSA) is 72.6 Å². The molecule has 0 radical (unpaired) electrons. The summed E-state index contributed by atoms with van der Waals surface area (Å²) in [5.74, 6) is -3.07. The minimum absolute atomic E-state index is 0.192. The van der Waals surface area contributed by atoms with E-state index >= 15 is 0 Å². The minimum Gasteiger partial charge on any atom is -0.406 e. The Kier molecular flexibility index (Phi) is 6.77. The quantitative estimate of drug-likeness (QED) is 0.540. The van der Waals surface area contributed by atoms with Crippen molar-refractivity contribution in [2.45, 2.75) is 18.9 Å². The van der Waals surface area contributed by atoms with Crippen LogP contribution in [0.5, 0.6) is 5.75 Å². The molecule has 1 atom stereocenters. The third-order valence-corrected chi connectivity index (χ3v) is 4.57. The Balaban J connectivity index is 2.06. The Morgan fingerprint density at radius 3 is 2.09 bits per heavy atom. The molecule has 0 saturated heterocycles. The molecule has 32 heavy (non-hydrogen) atoms. The van der Waals surface area contributed by atoms with Crippen LogP contribution in [0.2, 0.25) is 0 Å². The number of carbonyl (C=O) groups excluding carboxylic acids is 2. The van der Waals surface area contributed by atoms with E-state index in [0.29, 0.717) is 5.56 Å². The van der Waals surface area contributed by atoms with E-state index in [2.05, 4.69) is 4.74 Å². The van der Waals surface area contributed by atoms with E-state index in [1.54, 1.807) is 48.5 Å². The molecular formula is C23H18F4N2O3. The van der Waals surface area contributed by atoms with Crippen LogP contribution in [0.3, 0.4) is 0 Å². The molecule has 0 aliphatic heterocycles. The molecule has 2 N–H and O–H groups in total. The molecule has 5 nitrogen and oxygen atoms in total. The monoisotopic (exact) mass is 446 g/mol. The lowest BCUT2D eigenvalue weighted by atomic mass is 10.0. The van der Waals surface area contributed by atoms with E-state index < -0.39 is 42.3 Å². The molecule has 3 aromatic carbocycles. The van der Waals surface area contributed by atoms with Gasteiger partial charge in [-0.3, -0.25) is 9.59 Å². The molecule has 0 aliphatic carbocycles. The van der Waals surface area contributed by atoms with Gasteiger partial charge in [-0.15, -0.1) is 13.2 Å². The number of halogens is 4. The number of primary amides is 1. The number of benzene rings is 3. The Labute approximate surface area is 181 Å². The first-order valence-corrected chi connectivity index (χ1v) is 9.40. The van der Waals surface area contributed by atoms with Crippen molar-refractivity contribution in [3.63, 3.8) is 0 Å². The zero-order valence-electron chi connectivity index (χ0n) is 16.6. The largest absolute Gasteiger partial charge is 0.573 e. The summed E-state index contributed by atoms with van der Waals surface area (Å²) in [4.78, 5) is 26.7. The number of amides is 2. The van der Waals surface area contributed by atoms with Crippen LogP contribution in [0.1, 0.15) is 27.5 Å². The van der Waals surface area contributed by atoms with Crippen molar-refractivity contribution in [3.8, 4) is 5.75 Å². The van der Waals surface area contributed by atoms with Crippen molar-refractivity contribution >= 4 is 11.8 Å². The first kappa shape index (κ1) is 22.8. The second-order valence-corrected chi connectivity index (χ2v) is 6.82. The summed E-state index contributed by atoms with van der Waals surface area (Å²) in [7, 11) is 0. The fraction of sp³-hybridized carbons (Fsp3) is 0.130. The van der Waals surface area contributed by atoms with Gasteiger partial charge in [-0.2, -0.15) is 0 Å². The average Bonchev–Trinajstić information content (AvgIpc) is 2.75. The fourth-order valence-corrected chi connectivity index (χ4v) is 3.21. The predicted molar refractivity (Wildman–Crippen MR) is 108 cm³/mol. The molecule has 0 saturated carbocycles. The normalized spacial score (nSPS) is 12.1. The maximum Gasteiger partial charge on any atom is 0.573 e. The Morgan fingerprint density at radius 2 is 1.53 bits per heavy atom. The molecule has 0 fully saturated rings. The molecule has 3 rings (SSSR count). The van der Waals surface area contributed by atoms with E-state index in [9.17, 15) is 27.2 Å². The van der Waals surface area contributed by atoms with Gasteiger partial charge in [-0.05, 0) is 35.9 Å². The Hall–Kier alpha value is -3.88. The number of carbonyl (C=O) groups is 2. The molecule has 0 bridgehead atoms. The number of rotatable bonds is 7. The molecular weight excluding hydrogens is 428 g/mol. The van der Waals surface area contributed by atoms with Gasteiger partial charge >= 0.3 is 6.36 Å². The summed E-state index contributed by atoms with van der Waals surface area (Å²) in [6.45, 7) is -0.531. The molecule has 166 valence electrons. The number of hydrogen-bond acceptors (Lipinski definition) is 3. The van der Waals surface area contributed by atoms with Gasteiger partial charge in [0, 0.05) is 11.1 Å². The summed E-state index contributed by atoms with van der Waals surface area (Å²) >= 11 is 0. The van der Waals surface area contributed by atoms with Crippen molar-refractivity contribution < 1.29 is 31.9 Å². The molecule has 0 heterocycles. The molecule has 0 aliphatic rings. The highest BCUT2D eigenvalue weighted by molar-refractivity contribution is 5.97. The maximum atomic E-state index is 14.5. The Morgan fingerprint density at radius 1 is 0.938 bits per heavy atom. The Bertz CT molecular complexity index is 1090. The number of ether oxygens (including phenoxy) is 1. The lowest BCUT2D eigenvalue weighted by Gasteiger charge is -2.30. The third-order valence-electron chi connectivity index (χ3n) is 4.57. The molecule has 3 aromatic rings. The van der Waals surface area contributed by atoms with Gasteiger partial charge in [-0.25, -0.2) is 4.39 Å². The smallest absolute Gasteiger partial charge is 0.406 e. The summed E-state index contributed by atoms with van der Waals surface area (Å²) in [6.07, 6.45) is -4.98. The number of nitrogens with two attached hydrogens (primary N) is 1. The van der Waals surface area contributed by atoms with Crippen molar-refractivity contribution in [1.29, 1.82) is 0 Å². The molecule has 0 spiro atoms. The molecule has 0 aromatic heterocycles. The lowest BCUT2D eigenvalue weighted by molar-refractivity contribution is -0.274. The fourth-order valence-electron chi connectivity index (χ4n) is 3.21. The van der Waals surface area contributed by atoms with Gasteiger partial charge in [0.15, 0.2) is 0 Å². The van der Waals surface area contributed by atoms with Crippen LogP contribution in [-0.4, -0.2) is 23.1 Å². The zero-order chi connectivity index (χ0) is 23.3. The van der Waals surface area contributed by atoms with E-state index in [4.69, 9.17) is 5.73 Å². The van der Waals surface area contributed by atoms with Crippen molar-refractivity contribution in [3.05, 3.63) is 101 Å². The van der Waals surface area contributed by atoms with Gasteiger partial charge in [0.1, 0.15) is 17.6 Å². The highest BCUT2D eigenvalue weighted by atomic mass is 19.4. The lowest BCUT2D eigenvalue weighted by Crippen LogP contribution is -2.41. The van der Waals surface area contributed by atoms with Gasteiger partial charge < -0.3 is 15.4 Å². The summed E-state index contributed by atoms with van der Waals surface area (Å²) < 4.78 is 56.2. The molecule has 2 amide bonds. The minimum atomic E-state index is -4.98. The third kappa shape index (κ3) is 5.63. The maximum absolute atomic E-state index is 14.5. The van der Waals surface area contributed by atoms with Crippen LogP contribution in [-0.2, 0) is 11.3 Å². The first-order valence-electron chi connectivity index (χ1n) is 9.40. The van der Waals surface area contributed by atoms with E-state index in [1.165, 1.54) is 12.1 Å². The number of hydrogen-bond donors (Lipinski definition) is 1. The van der Waals surface area contributed by atoms with Gasteiger partial charge in [0.2, 0.25) is 5.91 Å². The SMILES string of the molecule is NC(=O)[C@@H](c1ccccc1)N(Cc1cc(OC(F)(F)F)ccc1F)C(=O)c1ccccc1. The summed E-state index contributed by atoms with van der Waals surface area (Å²) in [5, 5.41) is 0. The highest BCUT2D eigenvalue weighted by Crippen LogP contribution is 2.29. The van der Waals surface area contributed by atoms with E-state index in [0.717, 1.165) is 23.1 Å². The number of alkyl halides is 3.